The van der Waals surface area contributed by atoms with Crippen LogP contribution in [0.4, 0.5) is 0 Å². The summed E-state index contributed by atoms with van der Waals surface area (Å²) in [6.45, 7) is 8.28. The quantitative estimate of drug-likeness (QED) is 0.589. The molecule has 1 atom stereocenters. The first-order valence-electron chi connectivity index (χ1n) is 4.96. The highest BCUT2D eigenvalue weighted by Crippen LogP contribution is 2.34. The van der Waals surface area contributed by atoms with E-state index >= 15 is 0 Å². The van der Waals surface area contributed by atoms with Gasteiger partial charge in [0.1, 0.15) is 4.11 Å². The summed E-state index contributed by atoms with van der Waals surface area (Å²) in [5, 5.41) is 0. The maximum Gasteiger partial charge on any atom is 0.106 e. The Balaban J connectivity index is 2.61. The fourth-order valence-electron chi connectivity index (χ4n) is 1.87. The third kappa shape index (κ3) is 3.06. The number of ether oxygens (including phenoxy) is 2. The van der Waals surface area contributed by atoms with E-state index in [2.05, 4.69) is 43.4 Å². The summed E-state index contributed by atoms with van der Waals surface area (Å²) >= 11 is 2.33. The third-order valence-electron chi connectivity index (χ3n) is 2.79. The summed E-state index contributed by atoms with van der Waals surface area (Å²) in [5.41, 5.74) is 0.0683. The number of alkyl halides is 1. The van der Waals surface area contributed by atoms with E-state index in [0.29, 0.717) is 5.92 Å². The lowest BCUT2D eigenvalue weighted by Crippen LogP contribution is -2.44. The maximum atomic E-state index is 6.05. The maximum absolute atomic E-state index is 6.05. The molecule has 1 aliphatic rings. The summed E-state index contributed by atoms with van der Waals surface area (Å²) in [7, 11) is 0. The summed E-state index contributed by atoms with van der Waals surface area (Å²) in [6, 6.07) is 0. The van der Waals surface area contributed by atoms with Gasteiger partial charge in [0.15, 0.2) is 0 Å². The lowest BCUT2D eigenvalue weighted by molar-refractivity contribution is -0.137. The molecule has 1 fully saturated rings. The van der Waals surface area contributed by atoms with E-state index in [1.54, 1.807) is 0 Å². The van der Waals surface area contributed by atoms with Gasteiger partial charge in [0.2, 0.25) is 0 Å². The average Bonchev–Trinajstić information content (AvgIpc) is 2.04. The zero-order chi connectivity index (χ0) is 9.90. The van der Waals surface area contributed by atoms with E-state index < -0.39 is 0 Å². The largest absolute Gasteiger partial charge is 0.381 e. The topological polar surface area (TPSA) is 18.5 Å². The first-order chi connectivity index (χ1) is 6.07. The molecule has 1 saturated heterocycles. The van der Waals surface area contributed by atoms with Crippen LogP contribution in [0.2, 0.25) is 0 Å². The molecule has 0 aliphatic carbocycles. The molecule has 0 unspecified atom stereocenters. The van der Waals surface area contributed by atoms with Crippen LogP contribution >= 0.6 is 22.6 Å². The fourth-order valence-corrected chi connectivity index (χ4v) is 2.38. The molecular weight excluding hydrogens is 279 g/mol. The highest BCUT2D eigenvalue weighted by molar-refractivity contribution is 14.1. The van der Waals surface area contributed by atoms with E-state index in [1.165, 1.54) is 0 Å². The van der Waals surface area contributed by atoms with Crippen molar-refractivity contribution in [3.8, 4) is 0 Å². The van der Waals surface area contributed by atoms with Crippen LogP contribution in [0.1, 0.15) is 33.6 Å². The van der Waals surface area contributed by atoms with Gasteiger partial charge in [-0.15, -0.1) is 0 Å². The smallest absolute Gasteiger partial charge is 0.106 e. The molecule has 2 nitrogen and oxygen atoms in total. The van der Waals surface area contributed by atoms with Crippen molar-refractivity contribution in [1.29, 1.82) is 0 Å². The van der Waals surface area contributed by atoms with Gasteiger partial charge in [0, 0.05) is 26.1 Å². The lowest BCUT2D eigenvalue weighted by atomic mass is 9.83. The van der Waals surface area contributed by atoms with Crippen LogP contribution in [0.25, 0.3) is 0 Å². The minimum absolute atomic E-state index is 0.0683. The molecule has 0 amide bonds. The summed E-state index contributed by atoms with van der Waals surface area (Å²) in [4.78, 5) is 0. The van der Waals surface area contributed by atoms with E-state index in [1.807, 2.05) is 0 Å². The molecule has 1 rings (SSSR count). The summed E-state index contributed by atoms with van der Waals surface area (Å²) in [6.07, 6.45) is 2.08. The minimum atomic E-state index is 0.0683. The Bertz CT molecular complexity index is 151. The van der Waals surface area contributed by atoms with Crippen LogP contribution in [0.15, 0.2) is 0 Å². The van der Waals surface area contributed by atoms with Gasteiger partial charge in [-0.3, -0.25) is 0 Å². The molecule has 1 aliphatic heterocycles. The molecule has 0 aromatic rings. The van der Waals surface area contributed by atoms with Crippen molar-refractivity contribution in [3.63, 3.8) is 0 Å². The fraction of sp³-hybridized carbons (Fsp3) is 1.00. The average molecular weight is 298 g/mol. The van der Waals surface area contributed by atoms with Gasteiger partial charge in [-0.2, -0.15) is 0 Å². The second-order valence-electron chi connectivity index (χ2n) is 3.99. The number of hydrogen-bond acceptors (Lipinski definition) is 2. The van der Waals surface area contributed by atoms with Crippen LogP contribution < -0.4 is 0 Å². The van der Waals surface area contributed by atoms with Crippen molar-refractivity contribution >= 4 is 22.6 Å². The van der Waals surface area contributed by atoms with Crippen LogP contribution in [0.3, 0.4) is 0 Å². The Morgan fingerprint density at radius 3 is 2.15 bits per heavy atom. The summed E-state index contributed by atoms with van der Waals surface area (Å²) < 4.78 is 11.7. The van der Waals surface area contributed by atoms with Crippen LogP contribution in [0, 0.1) is 5.92 Å². The van der Waals surface area contributed by atoms with Crippen molar-refractivity contribution < 1.29 is 9.47 Å². The van der Waals surface area contributed by atoms with Crippen molar-refractivity contribution in [2.75, 3.05) is 13.2 Å². The minimum Gasteiger partial charge on any atom is -0.381 e. The standard InChI is InChI=1S/C10H19IO2/c1-8(2)10(13-9(3)11)4-6-12-7-5-10/h8-9H,4-7H2,1-3H3/t9-/m1/s1. The molecule has 0 bridgehead atoms. The SMILES string of the molecule is CC(C)C1(O[C@H](C)I)CCOCC1. The molecule has 78 valence electrons. The second-order valence-corrected chi connectivity index (χ2v) is 5.75. The van der Waals surface area contributed by atoms with Gasteiger partial charge in [0.25, 0.3) is 0 Å². The Morgan fingerprint density at radius 2 is 1.77 bits per heavy atom. The predicted molar refractivity (Wildman–Crippen MR) is 62.2 cm³/mol. The van der Waals surface area contributed by atoms with Crippen LogP contribution in [-0.4, -0.2) is 22.9 Å². The monoisotopic (exact) mass is 298 g/mol. The van der Waals surface area contributed by atoms with Crippen LogP contribution in [-0.2, 0) is 9.47 Å². The van der Waals surface area contributed by atoms with E-state index in [4.69, 9.17) is 9.47 Å². The molecular formula is C10H19IO2. The molecule has 0 radical (unpaired) electrons. The predicted octanol–water partition coefficient (Wildman–Crippen LogP) is 2.99. The summed E-state index contributed by atoms with van der Waals surface area (Å²) in [5.74, 6) is 0.577. The number of halogens is 1. The second kappa shape index (κ2) is 4.94. The third-order valence-corrected chi connectivity index (χ3v) is 3.04. The first kappa shape index (κ1) is 11.7. The van der Waals surface area contributed by atoms with Crippen LogP contribution in [0.5, 0.6) is 0 Å². The van der Waals surface area contributed by atoms with Gasteiger partial charge in [-0.1, -0.05) is 36.4 Å². The van der Waals surface area contributed by atoms with Crippen molar-refractivity contribution in [2.45, 2.75) is 43.3 Å². The number of hydrogen-bond donors (Lipinski definition) is 0. The molecule has 13 heavy (non-hydrogen) atoms. The van der Waals surface area contributed by atoms with Gasteiger partial charge in [-0.05, 0) is 12.8 Å². The zero-order valence-electron chi connectivity index (χ0n) is 8.68. The molecule has 0 aromatic heterocycles. The highest BCUT2D eigenvalue weighted by Gasteiger charge is 2.37. The van der Waals surface area contributed by atoms with Crippen molar-refractivity contribution in [1.82, 2.24) is 0 Å². The zero-order valence-corrected chi connectivity index (χ0v) is 10.8. The normalized spacial score (nSPS) is 24.7. The van der Waals surface area contributed by atoms with Crippen molar-refractivity contribution in [3.05, 3.63) is 0 Å². The molecule has 0 saturated carbocycles. The molecule has 0 aromatic carbocycles. The molecule has 0 spiro atoms. The van der Waals surface area contributed by atoms with Crippen molar-refractivity contribution in [2.24, 2.45) is 5.92 Å². The number of rotatable bonds is 3. The Hall–Kier alpha value is 0.650. The van der Waals surface area contributed by atoms with E-state index in [0.717, 1.165) is 26.1 Å². The lowest BCUT2D eigenvalue weighted by Gasteiger charge is -2.41. The molecule has 1 heterocycles. The van der Waals surface area contributed by atoms with Gasteiger partial charge >= 0.3 is 0 Å². The molecule has 0 N–H and O–H groups in total. The van der Waals surface area contributed by atoms with E-state index in [-0.39, 0.29) is 9.71 Å². The Labute approximate surface area is 94.5 Å². The van der Waals surface area contributed by atoms with Gasteiger partial charge < -0.3 is 9.47 Å². The Morgan fingerprint density at radius 1 is 1.23 bits per heavy atom. The molecule has 3 heteroatoms. The van der Waals surface area contributed by atoms with Gasteiger partial charge in [0.05, 0.1) is 5.60 Å². The van der Waals surface area contributed by atoms with Gasteiger partial charge in [-0.25, -0.2) is 0 Å². The van der Waals surface area contributed by atoms with E-state index in [9.17, 15) is 0 Å². The Kier molecular flexibility index (Phi) is 4.45. The highest BCUT2D eigenvalue weighted by atomic mass is 127. The first-order valence-corrected chi connectivity index (χ1v) is 6.21.